The van der Waals surface area contributed by atoms with Crippen LogP contribution in [0.5, 0.6) is 0 Å². The number of benzene rings is 1. The molecule has 0 spiro atoms. The van der Waals surface area contributed by atoms with Crippen LogP contribution in [-0.2, 0) is 6.54 Å². The molecule has 0 amide bonds. The fourth-order valence-corrected chi connectivity index (χ4v) is 2.74. The number of rotatable bonds is 7. The smallest absolute Gasteiger partial charge is 0.0233 e. The van der Waals surface area contributed by atoms with Crippen LogP contribution in [0.1, 0.15) is 30.9 Å². The molecule has 0 saturated heterocycles. The summed E-state index contributed by atoms with van der Waals surface area (Å²) in [5, 5.41) is 1.11. The number of halogens is 1. The molecule has 1 aromatic rings. The maximum absolute atomic E-state index is 3.62. The largest absolute Gasteiger partial charge is 0.302 e. The minimum absolute atomic E-state index is 0.772. The van der Waals surface area contributed by atoms with E-state index >= 15 is 0 Å². The van der Waals surface area contributed by atoms with Crippen LogP contribution in [0.15, 0.2) is 24.3 Å². The van der Waals surface area contributed by atoms with Crippen molar-refractivity contribution in [2.45, 2.75) is 33.2 Å². The Bertz CT molecular complexity index is 324. The van der Waals surface area contributed by atoms with Gasteiger partial charge in [-0.05, 0) is 37.4 Å². The van der Waals surface area contributed by atoms with E-state index in [2.05, 4.69) is 66.0 Å². The molecular formula is C15H24BrN. The van der Waals surface area contributed by atoms with Crippen LogP contribution in [0.4, 0.5) is 0 Å². The molecule has 0 N–H and O–H groups in total. The summed E-state index contributed by atoms with van der Waals surface area (Å²) in [5.74, 6) is 0.772. The number of aryl methyl sites for hydroxylation is 1. The molecule has 1 unspecified atom stereocenters. The summed E-state index contributed by atoms with van der Waals surface area (Å²) < 4.78 is 0. The summed E-state index contributed by atoms with van der Waals surface area (Å²) in [6, 6.07) is 8.66. The van der Waals surface area contributed by atoms with Gasteiger partial charge in [0, 0.05) is 18.4 Å². The molecule has 0 aromatic heterocycles. The Morgan fingerprint density at radius 2 is 2.00 bits per heavy atom. The van der Waals surface area contributed by atoms with Crippen LogP contribution in [0.3, 0.4) is 0 Å². The second-order valence-corrected chi connectivity index (χ2v) is 5.58. The summed E-state index contributed by atoms with van der Waals surface area (Å²) in [6.45, 7) is 6.68. The Morgan fingerprint density at radius 1 is 1.29 bits per heavy atom. The summed E-state index contributed by atoms with van der Waals surface area (Å²) in [6.07, 6.45) is 2.58. The summed E-state index contributed by atoms with van der Waals surface area (Å²) in [7, 11) is 2.22. The number of nitrogens with zero attached hydrogens (tertiary/aromatic N) is 1. The highest BCUT2D eigenvalue weighted by Crippen LogP contribution is 2.14. The molecule has 1 rings (SSSR count). The molecular weight excluding hydrogens is 274 g/mol. The van der Waals surface area contributed by atoms with E-state index in [0.29, 0.717) is 0 Å². The quantitative estimate of drug-likeness (QED) is 0.681. The second-order valence-electron chi connectivity index (χ2n) is 4.93. The van der Waals surface area contributed by atoms with Crippen molar-refractivity contribution in [1.29, 1.82) is 0 Å². The highest BCUT2D eigenvalue weighted by molar-refractivity contribution is 9.09. The van der Waals surface area contributed by atoms with Crippen LogP contribution in [0, 0.1) is 12.8 Å². The standard InChI is InChI=1S/C15H24BrN/c1-4-7-14(10-16)11-17(3)12-15-9-6-5-8-13(15)2/h5-6,8-9,14H,4,7,10-12H2,1-3H3. The van der Waals surface area contributed by atoms with E-state index in [-0.39, 0.29) is 0 Å². The maximum Gasteiger partial charge on any atom is 0.0233 e. The van der Waals surface area contributed by atoms with Gasteiger partial charge >= 0.3 is 0 Å². The summed E-state index contributed by atoms with van der Waals surface area (Å²) in [4.78, 5) is 2.43. The highest BCUT2D eigenvalue weighted by atomic mass is 79.9. The third kappa shape index (κ3) is 5.22. The number of hydrogen-bond donors (Lipinski definition) is 0. The Hall–Kier alpha value is -0.340. The normalized spacial score (nSPS) is 13.0. The van der Waals surface area contributed by atoms with Gasteiger partial charge < -0.3 is 4.90 Å². The second kappa shape index (κ2) is 7.88. The van der Waals surface area contributed by atoms with Gasteiger partial charge in [0.25, 0.3) is 0 Å². The van der Waals surface area contributed by atoms with Gasteiger partial charge in [0.15, 0.2) is 0 Å². The predicted octanol–water partition coefficient (Wildman–Crippen LogP) is 4.24. The van der Waals surface area contributed by atoms with E-state index in [1.165, 1.54) is 30.5 Å². The van der Waals surface area contributed by atoms with Crippen molar-refractivity contribution in [3.63, 3.8) is 0 Å². The average Bonchev–Trinajstić information content (AvgIpc) is 2.31. The molecule has 1 nitrogen and oxygen atoms in total. The van der Waals surface area contributed by atoms with Crippen LogP contribution in [-0.4, -0.2) is 23.8 Å². The van der Waals surface area contributed by atoms with Gasteiger partial charge in [-0.15, -0.1) is 0 Å². The van der Waals surface area contributed by atoms with Crippen molar-refractivity contribution in [3.8, 4) is 0 Å². The van der Waals surface area contributed by atoms with Gasteiger partial charge in [-0.2, -0.15) is 0 Å². The molecule has 0 saturated carbocycles. The zero-order valence-electron chi connectivity index (χ0n) is 11.2. The Labute approximate surface area is 114 Å². The van der Waals surface area contributed by atoms with Gasteiger partial charge in [0.1, 0.15) is 0 Å². The highest BCUT2D eigenvalue weighted by Gasteiger charge is 2.10. The molecule has 0 bridgehead atoms. The van der Waals surface area contributed by atoms with Crippen LogP contribution >= 0.6 is 15.9 Å². The molecule has 0 fully saturated rings. The maximum atomic E-state index is 3.62. The molecule has 0 aliphatic rings. The van der Waals surface area contributed by atoms with Crippen molar-refractivity contribution < 1.29 is 0 Å². The first kappa shape index (κ1) is 14.7. The van der Waals surface area contributed by atoms with E-state index < -0.39 is 0 Å². The van der Waals surface area contributed by atoms with Crippen molar-refractivity contribution >= 4 is 15.9 Å². The molecule has 17 heavy (non-hydrogen) atoms. The molecule has 0 heterocycles. The van der Waals surface area contributed by atoms with Crippen molar-refractivity contribution in [3.05, 3.63) is 35.4 Å². The lowest BCUT2D eigenvalue weighted by atomic mass is 10.0. The van der Waals surface area contributed by atoms with E-state index in [9.17, 15) is 0 Å². The van der Waals surface area contributed by atoms with Gasteiger partial charge in [0.05, 0.1) is 0 Å². The lowest BCUT2D eigenvalue weighted by Gasteiger charge is -2.23. The van der Waals surface area contributed by atoms with E-state index in [4.69, 9.17) is 0 Å². The number of hydrogen-bond acceptors (Lipinski definition) is 1. The minimum Gasteiger partial charge on any atom is -0.302 e. The van der Waals surface area contributed by atoms with Gasteiger partial charge in [-0.1, -0.05) is 53.5 Å². The lowest BCUT2D eigenvalue weighted by Crippen LogP contribution is -2.26. The molecule has 0 radical (unpaired) electrons. The van der Waals surface area contributed by atoms with Crippen LogP contribution in [0.25, 0.3) is 0 Å². The predicted molar refractivity (Wildman–Crippen MR) is 79.7 cm³/mol. The Balaban J connectivity index is 2.49. The molecule has 1 atom stereocenters. The van der Waals surface area contributed by atoms with Crippen LogP contribution < -0.4 is 0 Å². The lowest BCUT2D eigenvalue weighted by molar-refractivity contribution is 0.273. The first-order chi connectivity index (χ1) is 8.17. The van der Waals surface area contributed by atoms with Gasteiger partial charge in [-0.25, -0.2) is 0 Å². The van der Waals surface area contributed by atoms with E-state index in [1.807, 2.05) is 0 Å². The fraction of sp³-hybridized carbons (Fsp3) is 0.600. The summed E-state index contributed by atoms with van der Waals surface area (Å²) in [5.41, 5.74) is 2.84. The molecule has 96 valence electrons. The van der Waals surface area contributed by atoms with Gasteiger partial charge in [0.2, 0.25) is 0 Å². The number of alkyl halides is 1. The van der Waals surface area contributed by atoms with Gasteiger partial charge in [-0.3, -0.25) is 0 Å². The topological polar surface area (TPSA) is 3.24 Å². The Morgan fingerprint density at radius 3 is 2.59 bits per heavy atom. The molecule has 1 aromatic carbocycles. The third-order valence-electron chi connectivity index (χ3n) is 3.19. The SMILES string of the molecule is CCCC(CBr)CN(C)Cc1ccccc1C. The molecule has 0 aliphatic carbocycles. The zero-order chi connectivity index (χ0) is 12.7. The first-order valence-electron chi connectivity index (χ1n) is 6.46. The summed E-state index contributed by atoms with van der Waals surface area (Å²) >= 11 is 3.62. The van der Waals surface area contributed by atoms with E-state index in [0.717, 1.165) is 17.8 Å². The molecule has 2 heteroatoms. The molecule has 0 aliphatic heterocycles. The zero-order valence-corrected chi connectivity index (χ0v) is 12.8. The average molecular weight is 298 g/mol. The van der Waals surface area contributed by atoms with Crippen molar-refractivity contribution in [1.82, 2.24) is 4.90 Å². The van der Waals surface area contributed by atoms with Crippen LogP contribution in [0.2, 0.25) is 0 Å². The third-order valence-corrected chi connectivity index (χ3v) is 4.10. The van der Waals surface area contributed by atoms with Crippen molar-refractivity contribution in [2.24, 2.45) is 5.92 Å². The first-order valence-corrected chi connectivity index (χ1v) is 7.58. The van der Waals surface area contributed by atoms with E-state index in [1.54, 1.807) is 0 Å². The monoisotopic (exact) mass is 297 g/mol. The fourth-order valence-electron chi connectivity index (χ4n) is 2.21. The minimum atomic E-state index is 0.772. The van der Waals surface area contributed by atoms with Crippen molar-refractivity contribution in [2.75, 3.05) is 18.9 Å². The Kier molecular flexibility index (Phi) is 6.83.